The Bertz CT molecular complexity index is 413. The Labute approximate surface area is 111 Å². The molecule has 0 N–H and O–H groups in total. The standard InChI is InChI=1S/C14H13BrSe/c15-14(12-7-3-1-4-8-12)11-16-13-9-5-2-6-10-13/h1-10,14H,11H2. The monoisotopic (exact) mass is 340 g/mol. The fourth-order valence-corrected chi connectivity index (χ4v) is 4.28. The van der Waals surface area contributed by atoms with Gasteiger partial charge in [0.2, 0.25) is 0 Å². The summed E-state index contributed by atoms with van der Waals surface area (Å²) >= 11 is 4.31. The second-order valence-electron chi connectivity index (χ2n) is 3.50. The van der Waals surface area contributed by atoms with Gasteiger partial charge in [-0.1, -0.05) is 0 Å². The summed E-state index contributed by atoms with van der Waals surface area (Å²) in [6, 6.07) is 21.3. The molecule has 0 aliphatic heterocycles. The number of rotatable bonds is 4. The van der Waals surface area contributed by atoms with E-state index in [9.17, 15) is 0 Å². The fourth-order valence-electron chi connectivity index (χ4n) is 1.44. The molecule has 0 bridgehead atoms. The molecule has 0 aromatic heterocycles. The topological polar surface area (TPSA) is 0 Å². The van der Waals surface area contributed by atoms with Crippen molar-refractivity contribution in [2.75, 3.05) is 0 Å². The Morgan fingerprint density at radius 1 is 0.875 bits per heavy atom. The molecule has 0 radical (unpaired) electrons. The Morgan fingerprint density at radius 2 is 1.44 bits per heavy atom. The SMILES string of the molecule is BrC(C[Se]c1ccccc1)c1ccccc1. The molecule has 0 saturated heterocycles. The Morgan fingerprint density at radius 3 is 2.06 bits per heavy atom. The van der Waals surface area contributed by atoms with Gasteiger partial charge in [0.25, 0.3) is 0 Å². The van der Waals surface area contributed by atoms with Gasteiger partial charge >= 0.3 is 112 Å². The van der Waals surface area contributed by atoms with Crippen molar-refractivity contribution in [1.29, 1.82) is 0 Å². The molecule has 0 spiro atoms. The van der Waals surface area contributed by atoms with E-state index in [4.69, 9.17) is 0 Å². The molecule has 2 rings (SSSR count). The van der Waals surface area contributed by atoms with E-state index in [0.717, 1.165) is 0 Å². The first-order valence-corrected chi connectivity index (χ1v) is 8.21. The van der Waals surface area contributed by atoms with Crippen LogP contribution in [0.4, 0.5) is 0 Å². The van der Waals surface area contributed by atoms with Crippen LogP contribution in [0.3, 0.4) is 0 Å². The zero-order chi connectivity index (χ0) is 11.2. The van der Waals surface area contributed by atoms with Gasteiger partial charge in [-0.25, -0.2) is 0 Å². The summed E-state index contributed by atoms with van der Waals surface area (Å²) in [5.74, 6) is 0. The molecule has 2 aromatic carbocycles. The summed E-state index contributed by atoms with van der Waals surface area (Å²) in [6.07, 6.45) is 0. The van der Waals surface area contributed by atoms with Crippen molar-refractivity contribution in [1.82, 2.24) is 0 Å². The maximum absolute atomic E-state index is 3.76. The number of benzene rings is 2. The Balaban J connectivity index is 1.92. The van der Waals surface area contributed by atoms with Gasteiger partial charge in [-0.2, -0.15) is 0 Å². The third-order valence-corrected chi connectivity index (χ3v) is 6.44. The molecule has 0 saturated carbocycles. The third kappa shape index (κ3) is 3.48. The maximum atomic E-state index is 3.76. The van der Waals surface area contributed by atoms with Crippen LogP contribution < -0.4 is 4.46 Å². The Hall–Kier alpha value is -0.561. The quantitative estimate of drug-likeness (QED) is 0.590. The van der Waals surface area contributed by atoms with Crippen molar-refractivity contribution in [3.8, 4) is 0 Å². The number of halogens is 1. The van der Waals surface area contributed by atoms with Crippen molar-refractivity contribution >= 4 is 35.3 Å². The summed E-state index contributed by atoms with van der Waals surface area (Å²) in [5.41, 5.74) is 1.38. The summed E-state index contributed by atoms with van der Waals surface area (Å²) in [6.45, 7) is 0. The Kier molecular flexibility index (Phi) is 4.65. The van der Waals surface area contributed by atoms with Gasteiger partial charge in [-0.3, -0.25) is 0 Å². The average Bonchev–Trinajstić information content (AvgIpc) is 2.38. The average molecular weight is 340 g/mol. The summed E-state index contributed by atoms with van der Waals surface area (Å²) < 4.78 is 1.47. The first kappa shape index (κ1) is 11.9. The molecule has 1 unspecified atom stereocenters. The van der Waals surface area contributed by atoms with Gasteiger partial charge in [-0.05, 0) is 0 Å². The summed E-state index contributed by atoms with van der Waals surface area (Å²) in [5, 5.41) is 1.20. The van der Waals surface area contributed by atoms with Crippen LogP contribution in [0.2, 0.25) is 5.32 Å². The molecule has 0 heterocycles. The molecule has 2 heteroatoms. The van der Waals surface area contributed by atoms with Crippen LogP contribution in [0, 0.1) is 0 Å². The van der Waals surface area contributed by atoms with Crippen LogP contribution in [-0.4, -0.2) is 15.0 Å². The minimum atomic E-state index is 0.480. The molecule has 82 valence electrons. The van der Waals surface area contributed by atoms with Crippen molar-refractivity contribution in [3.05, 3.63) is 66.2 Å². The normalized spacial score (nSPS) is 12.3. The predicted octanol–water partition coefficient (Wildman–Crippen LogP) is 3.57. The van der Waals surface area contributed by atoms with E-state index in [0.29, 0.717) is 19.8 Å². The number of hydrogen-bond donors (Lipinski definition) is 0. The zero-order valence-electron chi connectivity index (χ0n) is 8.84. The van der Waals surface area contributed by atoms with Crippen LogP contribution in [0.25, 0.3) is 0 Å². The molecule has 2 aromatic rings. The van der Waals surface area contributed by atoms with Crippen molar-refractivity contribution in [2.45, 2.75) is 10.1 Å². The van der Waals surface area contributed by atoms with Gasteiger partial charge in [0.1, 0.15) is 0 Å². The molecule has 0 aliphatic carbocycles. The van der Waals surface area contributed by atoms with Crippen LogP contribution in [-0.2, 0) is 0 Å². The van der Waals surface area contributed by atoms with E-state index in [2.05, 4.69) is 76.6 Å². The van der Waals surface area contributed by atoms with Crippen molar-refractivity contribution in [2.24, 2.45) is 0 Å². The molecule has 0 amide bonds. The van der Waals surface area contributed by atoms with Gasteiger partial charge < -0.3 is 0 Å². The van der Waals surface area contributed by atoms with E-state index in [1.54, 1.807) is 0 Å². The van der Waals surface area contributed by atoms with Crippen molar-refractivity contribution in [3.63, 3.8) is 0 Å². The molecule has 0 aliphatic rings. The van der Waals surface area contributed by atoms with Gasteiger partial charge in [0.15, 0.2) is 0 Å². The first-order chi connectivity index (χ1) is 7.86. The van der Waals surface area contributed by atoms with Gasteiger partial charge in [0, 0.05) is 0 Å². The van der Waals surface area contributed by atoms with E-state index in [-0.39, 0.29) is 0 Å². The molecule has 0 nitrogen and oxygen atoms in total. The fraction of sp³-hybridized carbons (Fsp3) is 0.143. The second-order valence-corrected chi connectivity index (χ2v) is 6.90. The third-order valence-electron chi connectivity index (χ3n) is 2.30. The van der Waals surface area contributed by atoms with Crippen LogP contribution in [0.15, 0.2) is 60.7 Å². The van der Waals surface area contributed by atoms with Crippen LogP contribution >= 0.6 is 15.9 Å². The zero-order valence-corrected chi connectivity index (χ0v) is 12.1. The molecular weight excluding hydrogens is 327 g/mol. The van der Waals surface area contributed by atoms with Crippen LogP contribution in [0.1, 0.15) is 10.4 Å². The summed E-state index contributed by atoms with van der Waals surface area (Å²) in [4.78, 5) is 0.480. The molecular formula is C14H13BrSe. The minimum absolute atomic E-state index is 0.480. The van der Waals surface area contributed by atoms with Crippen LogP contribution in [0.5, 0.6) is 0 Å². The van der Waals surface area contributed by atoms with E-state index >= 15 is 0 Å². The van der Waals surface area contributed by atoms with Gasteiger partial charge in [0.05, 0.1) is 0 Å². The van der Waals surface area contributed by atoms with E-state index in [1.807, 2.05) is 0 Å². The molecule has 1 atom stereocenters. The predicted molar refractivity (Wildman–Crippen MR) is 74.7 cm³/mol. The number of hydrogen-bond acceptors (Lipinski definition) is 0. The summed E-state index contributed by atoms with van der Waals surface area (Å²) in [7, 11) is 0. The second kappa shape index (κ2) is 6.24. The van der Waals surface area contributed by atoms with Crippen molar-refractivity contribution < 1.29 is 0 Å². The molecule has 16 heavy (non-hydrogen) atoms. The van der Waals surface area contributed by atoms with E-state index in [1.165, 1.54) is 15.3 Å². The van der Waals surface area contributed by atoms with Gasteiger partial charge in [-0.15, -0.1) is 0 Å². The number of alkyl halides is 1. The first-order valence-electron chi connectivity index (χ1n) is 5.23. The molecule has 0 fully saturated rings. The van der Waals surface area contributed by atoms with E-state index < -0.39 is 0 Å².